The number of likely N-dealkylation sites (tertiary alicyclic amines) is 2. The fourth-order valence-corrected chi connectivity index (χ4v) is 5.17. The Morgan fingerprint density at radius 1 is 0.583 bits per heavy atom. The second kappa shape index (κ2) is 16.2. The van der Waals surface area contributed by atoms with Crippen LogP contribution in [0.5, 0.6) is 0 Å². The number of likely N-dealkylation sites (N-methyl/N-ethyl adjacent to an activating group) is 1. The van der Waals surface area contributed by atoms with Crippen LogP contribution in [0.3, 0.4) is 0 Å². The summed E-state index contributed by atoms with van der Waals surface area (Å²) in [6.45, 7) is 30.4. The van der Waals surface area contributed by atoms with E-state index in [1.165, 1.54) is 78.0 Å². The van der Waals surface area contributed by atoms with E-state index in [9.17, 15) is 0 Å². The lowest BCUT2D eigenvalue weighted by Gasteiger charge is -2.41. The number of nitrogens with zero attached hydrogens (tertiary/aromatic N) is 3. The van der Waals surface area contributed by atoms with E-state index in [1.807, 2.05) is 14.2 Å². The molecule has 3 fully saturated rings. The number of hydrogen-bond acceptors (Lipinski definition) is 5. The third-order valence-electron chi connectivity index (χ3n) is 8.11. The van der Waals surface area contributed by atoms with Crippen molar-refractivity contribution in [2.24, 2.45) is 0 Å². The first-order chi connectivity index (χ1) is 16.1. The van der Waals surface area contributed by atoms with Crippen LogP contribution in [0.25, 0.3) is 0 Å². The van der Waals surface area contributed by atoms with Crippen LogP contribution < -0.4 is 17.3 Å². The summed E-state index contributed by atoms with van der Waals surface area (Å²) in [6.07, 6.45) is 5.85. The number of methoxy groups -OCH3 is 2. The van der Waals surface area contributed by atoms with Crippen molar-refractivity contribution >= 4 is 0 Å². The van der Waals surface area contributed by atoms with Crippen LogP contribution in [0.4, 0.5) is 0 Å². The van der Waals surface area contributed by atoms with Crippen molar-refractivity contribution in [3.8, 4) is 0 Å². The van der Waals surface area contributed by atoms with Gasteiger partial charge in [0.15, 0.2) is 0 Å². The van der Waals surface area contributed by atoms with Gasteiger partial charge < -0.3 is 31.7 Å². The van der Waals surface area contributed by atoms with Crippen molar-refractivity contribution in [2.75, 3.05) is 73.6 Å². The Bertz CT molecular complexity index is 513. The highest BCUT2D eigenvalue weighted by Gasteiger charge is 2.30. The summed E-state index contributed by atoms with van der Waals surface area (Å²) in [5.41, 5.74) is 1.11. The van der Waals surface area contributed by atoms with E-state index < -0.39 is 0 Å². The Labute approximate surface area is 231 Å². The van der Waals surface area contributed by atoms with E-state index >= 15 is 0 Å². The Morgan fingerprint density at radius 2 is 0.944 bits per heavy atom. The van der Waals surface area contributed by atoms with Crippen LogP contribution in [0.2, 0.25) is 0 Å². The molecule has 3 aliphatic heterocycles. The molecule has 0 aromatic rings. The molecule has 0 radical (unpaired) electrons. The van der Waals surface area contributed by atoms with E-state index in [4.69, 9.17) is 9.47 Å². The van der Waals surface area contributed by atoms with Crippen molar-refractivity contribution in [3.05, 3.63) is 0 Å². The molecule has 0 aliphatic carbocycles. The van der Waals surface area contributed by atoms with E-state index in [-0.39, 0.29) is 12.4 Å². The first-order valence-electron chi connectivity index (χ1n) is 14.2. The van der Waals surface area contributed by atoms with Gasteiger partial charge in [-0.1, -0.05) is 0 Å². The number of nitrogens with one attached hydrogen (secondary N) is 1. The Balaban J connectivity index is 0.000000504. The molecule has 3 aliphatic rings. The smallest absolute Gasteiger partial charge is 0.0891 e. The maximum atomic E-state index is 5.34. The van der Waals surface area contributed by atoms with Crippen LogP contribution in [0.15, 0.2) is 0 Å². The third kappa shape index (κ3) is 13.7. The van der Waals surface area contributed by atoms with E-state index in [0.717, 1.165) is 0 Å². The van der Waals surface area contributed by atoms with Gasteiger partial charge in [-0.05, 0) is 82.2 Å². The molecule has 0 amide bonds. The molecule has 0 unspecified atom stereocenters. The Morgan fingerprint density at radius 3 is 1.28 bits per heavy atom. The molecular formula is C29H63ClN4O2. The second-order valence-corrected chi connectivity index (χ2v) is 13.8. The first-order valence-corrected chi connectivity index (χ1v) is 14.2. The highest BCUT2D eigenvalue weighted by Crippen LogP contribution is 2.21. The first kappa shape index (κ1) is 36.0. The lowest BCUT2D eigenvalue weighted by atomic mass is 9.99. The number of piperidine rings is 2. The minimum Gasteiger partial charge on any atom is -1.00 e. The van der Waals surface area contributed by atoms with Gasteiger partial charge in [-0.2, -0.15) is 0 Å². The SMILES string of the molecule is CN1CCN(C(C)(C)C)CC1.COC1CCN(C(C)(C)C)CC1.COC1CC[NH+](C(C)(C)C)CC1.[Cl-]. The molecule has 6 nitrogen and oxygen atoms in total. The van der Waals surface area contributed by atoms with E-state index in [0.29, 0.717) is 28.8 Å². The summed E-state index contributed by atoms with van der Waals surface area (Å²) in [4.78, 5) is 9.19. The number of quaternary nitrogens is 1. The van der Waals surface area contributed by atoms with Gasteiger partial charge in [0.2, 0.25) is 0 Å². The highest BCUT2D eigenvalue weighted by molar-refractivity contribution is 4.82. The zero-order chi connectivity index (χ0) is 26.9. The fourth-order valence-electron chi connectivity index (χ4n) is 5.17. The molecule has 3 rings (SSSR count). The third-order valence-corrected chi connectivity index (χ3v) is 8.11. The minimum absolute atomic E-state index is 0. The maximum absolute atomic E-state index is 5.34. The summed E-state index contributed by atoms with van der Waals surface area (Å²) in [7, 11) is 5.84. The van der Waals surface area contributed by atoms with Crippen molar-refractivity contribution in [1.29, 1.82) is 0 Å². The molecule has 0 spiro atoms. The fraction of sp³-hybridized carbons (Fsp3) is 1.00. The molecule has 0 aromatic carbocycles. The summed E-state index contributed by atoms with van der Waals surface area (Å²) >= 11 is 0. The summed E-state index contributed by atoms with van der Waals surface area (Å²) in [5, 5.41) is 0. The molecule has 218 valence electrons. The van der Waals surface area contributed by atoms with Crippen LogP contribution in [-0.4, -0.2) is 117 Å². The Hall–Kier alpha value is 0.0500. The average Bonchev–Trinajstić information content (AvgIpc) is 2.78. The van der Waals surface area contributed by atoms with Gasteiger partial charge in [0, 0.05) is 77.4 Å². The van der Waals surface area contributed by atoms with E-state index in [2.05, 4.69) is 84.1 Å². The average molecular weight is 535 g/mol. The molecule has 0 saturated carbocycles. The monoisotopic (exact) mass is 534 g/mol. The number of piperazine rings is 1. The molecular weight excluding hydrogens is 472 g/mol. The molecule has 0 aromatic heterocycles. The van der Waals surface area contributed by atoms with Gasteiger partial charge in [0.25, 0.3) is 0 Å². The molecule has 3 heterocycles. The van der Waals surface area contributed by atoms with E-state index in [1.54, 1.807) is 4.90 Å². The molecule has 7 heteroatoms. The van der Waals surface area contributed by atoms with Crippen molar-refractivity contribution in [3.63, 3.8) is 0 Å². The molecule has 0 atom stereocenters. The van der Waals surface area contributed by atoms with Gasteiger partial charge in [-0.3, -0.25) is 9.80 Å². The minimum atomic E-state index is 0. The topological polar surface area (TPSA) is 32.6 Å². The van der Waals surface area contributed by atoms with Gasteiger partial charge in [-0.15, -0.1) is 0 Å². The molecule has 3 saturated heterocycles. The van der Waals surface area contributed by atoms with Crippen LogP contribution in [0, 0.1) is 0 Å². The maximum Gasteiger partial charge on any atom is 0.0891 e. The van der Waals surface area contributed by atoms with Crippen molar-refractivity contribution < 1.29 is 26.8 Å². The van der Waals surface area contributed by atoms with Gasteiger partial charge in [0.05, 0.1) is 30.8 Å². The predicted molar refractivity (Wildman–Crippen MR) is 151 cm³/mol. The summed E-state index contributed by atoms with van der Waals surface area (Å²) in [6, 6.07) is 0. The number of halogens is 1. The number of rotatable bonds is 2. The van der Waals surface area contributed by atoms with Crippen LogP contribution in [0.1, 0.15) is 88.0 Å². The highest BCUT2D eigenvalue weighted by atomic mass is 35.5. The summed E-state index contributed by atoms with van der Waals surface area (Å²) < 4.78 is 10.7. The van der Waals surface area contributed by atoms with Crippen LogP contribution >= 0.6 is 0 Å². The van der Waals surface area contributed by atoms with Crippen LogP contribution in [-0.2, 0) is 9.47 Å². The summed E-state index contributed by atoms with van der Waals surface area (Å²) in [5.74, 6) is 0. The van der Waals surface area contributed by atoms with Gasteiger partial charge in [0.1, 0.15) is 0 Å². The van der Waals surface area contributed by atoms with Gasteiger partial charge in [-0.25, -0.2) is 0 Å². The molecule has 36 heavy (non-hydrogen) atoms. The van der Waals surface area contributed by atoms with Gasteiger partial charge >= 0.3 is 0 Å². The molecule has 1 N–H and O–H groups in total. The Kier molecular flexibility index (Phi) is 16.2. The molecule has 0 bridgehead atoms. The normalized spacial score (nSPS) is 25.7. The number of ether oxygens (including phenoxy) is 2. The van der Waals surface area contributed by atoms with Crippen molar-refractivity contribution in [2.45, 2.75) is 117 Å². The largest absolute Gasteiger partial charge is 1.00 e. The zero-order valence-corrected chi connectivity index (χ0v) is 26.9. The van der Waals surface area contributed by atoms with Crippen molar-refractivity contribution in [1.82, 2.24) is 14.7 Å². The standard InChI is InChI=1S/2C10H21NO.C9H20N2.ClH/c2*1-10(2,3)11-7-5-9(12-4)6-8-11;1-9(2,3)11-7-5-10(4)6-8-11;/h2*9H,5-8H2,1-4H3;5-8H2,1-4H3;1H. The zero-order valence-electron chi connectivity index (χ0n) is 26.2. The second-order valence-electron chi connectivity index (χ2n) is 13.8. The lowest BCUT2D eigenvalue weighted by molar-refractivity contribution is -0.951. The lowest BCUT2D eigenvalue weighted by Crippen LogP contribution is -3.19. The quantitative estimate of drug-likeness (QED) is 0.555. The predicted octanol–water partition coefficient (Wildman–Crippen LogP) is 0.411. The number of hydrogen-bond donors (Lipinski definition) is 1.